The van der Waals surface area contributed by atoms with Crippen LogP contribution in [-0.2, 0) is 0 Å². The summed E-state index contributed by atoms with van der Waals surface area (Å²) in [7, 11) is 2.18. The molecule has 0 bridgehead atoms. The van der Waals surface area contributed by atoms with Crippen LogP contribution in [0.1, 0.15) is 58.8 Å². The maximum absolute atomic E-state index is 3.66. The van der Waals surface area contributed by atoms with Crippen LogP contribution in [0.3, 0.4) is 0 Å². The molecule has 116 valence electrons. The molecule has 3 aliphatic rings. The van der Waals surface area contributed by atoms with Gasteiger partial charge in [-0.05, 0) is 68.7 Å². The zero-order valence-electron chi connectivity index (χ0n) is 13.8. The lowest BCUT2D eigenvalue weighted by Gasteiger charge is -2.45. The Kier molecular flexibility index (Phi) is 4.42. The van der Waals surface area contributed by atoms with Crippen molar-refractivity contribution in [1.29, 1.82) is 0 Å². The van der Waals surface area contributed by atoms with Crippen LogP contribution in [0.4, 0.5) is 0 Å². The number of hydrogen-bond acceptors (Lipinski definition) is 2. The second kappa shape index (κ2) is 5.96. The molecule has 0 amide bonds. The van der Waals surface area contributed by atoms with Gasteiger partial charge in [-0.15, -0.1) is 0 Å². The van der Waals surface area contributed by atoms with Gasteiger partial charge in [0.15, 0.2) is 0 Å². The van der Waals surface area contributed by atoms with Gasteiger partial charge in [0.1, 0.15) is 0 Å². The predicted octanol–water partition coefficient (Wildman–Crippen LogP) is 3.52. The van der Waals surface area contributed by atoms with E-state index in [9.17, 15) is 0 Å². The van der Waals surface area contributed by atoms with E-state index in [4.69, 9.17) is 0 Å². The monoisotopic (exact) mass is 278 g/mol. The van der Waals surface area contributed by atoms with E-state index in [1.54, 1.807) is 0 Å². The highest BCUT2D eigenvalue weighted by Crippen LogP contribution is 2.40. The third-order valence-corrected chi connectivity index (χ3v) is 5.94. The fourth-order valence-corrected chi connectivity index (χ4v) is 4.49. The average molecular weight is 278 g/mol. The Morgan fingerprint density at radius 2 is 1.55 bits per heavy atom. The van der Waals surface area contributed by atoms with Crippen LogP contribution in [0.5, 0.6) is 0 Å². The van der Waals surface area contributed by atoms with Crippen LogP contribution in [0, 0.1) is 23.2 Å². The van der Waals surface area contributed by atoms with E-state index in [0.717, 1.165) is 17.8 Å². The lowest BCUT2D eigenvalue weighted by atomic mass is 9.68. The van der Waals surface area contributed by atoms with Gasteiger partial charge in [-0.25, -0.2) is 0 Å². The highest BCUT2D eigenvalue weighted by Gasteiger charge is 2.39. The molecular weight excluding hydrogens is 244 g/mol. The molecule has 2 unspecified atom stereocenters. The van der Waals surface area contributed by atoms with E-state index in [1.165, 1.54) is 64.6 Å². The molecule has 3 aliphatic carbocycles. The van der Waals surface area contributed by atoms with Gasteiger partial charge in [0, 0.05) is 25.7 Å². The predicted molar refractivity (Wildman–Crippen MR) is 85.9 cm³/mol. The number of nitrogens with zero attached hydrogens (tertiary/aromatic N) is 1. The molecule has 0 aromatic heterocycles. The molecule has 0 heterocycles. The van der Waals surface area contributed by atoms with Gasteiger partial charge >= 0.3 is 0 Å². The largest absolute Gasteiger partial charge is 0.316 e. The van der Waals surface area contributed by atoms with Crippen LogP contribution in [-0.4, -0.2) is 37.6 Å². The molecule has 0 spiro atoms. The van der Waals surface area contributed by atoms with Crippen LogP contribution in [0.25, 0.3) is 0 Å². The molecule has 3 fully saturated rings. The highest BCUT2D eigenvalue weighted by atomic mass is 15.1. The van der Waals surface area contributed by atoms with Crippen LogP contribution >= 0.6 is 0 Å². The van der Waals surface area contributed by atoms with Crippen molar-refractivity contribution in [3.63, 3.8) is 0 Å². The quantitative estimate of drug-likeness (QED) is 0.766. The average Bonchev–Trinajstić information content (AvgIpc) is 3.24. The minimum atomic E-state index is 0.475. The fourth-order valence-electron chi connectivity index (χ4n) is 4.49. The van der Waals surface area contributed by atoms with Gasteiger partial charge in [0.2, 0.25) is 0 Å². The molecule has 3 saturated carbocycles. The zero-order valence-corrected chi connectivity index (χ0v) is 13.8. The standard InChI is InChI=1S/C18H34N2/c1-18(2)10-4-5-16(17(18)19-3)13-20(11-14-6-7-14)12-15-8-9-15/h14-17,19H,4-13H2,1-3H3. The first kappa shape index (κ1) is 14.8. The van der Waals surface area contributed by atoms with Crippen LogP contribution in [0.2, 0.25) is 0 Å². The summed E-state index contributed by atoms with van der Waals surface area (Å²) in [6.45, 7) is 9.06. The van der Waals surface area contributed by atoms with Crippen molar-refractivity contribution >= 4 is 0 Å². The van der Waals surface area contributed by atoms with Crippen molar-refractivity contribution < 1.29 is 0 Å². The summed E-state index contributed by atoms with van der Waals surface area (Å²) in [6, 6.07) is 0.706. The summed E-state index contributed by atoms with van der Waals surface area (Å²) in [6.07, 6.45) is 10.2. The molecule has 0 aliphatic heterocycles. The molecule has 20 heavy (non-hydrogen) atoms. The summed E-state index contributed by atoms with van der Waals surface area (Å²) in [4.78, 5) is 2.84. The molecule has 1 N–H and O–H groups in total. The molecule has 0 aromatic rings. The van der Waals surface area contributed by atoms with Crippen LogP contribution in [0.15, 0.2) is 0 Å². The second-order valence-electron chi connectivity index (χ2n) is 8.51. The zero-order chi connectivity index (χ0) is 14.2. The fraction of sp³-hybridized carbons (Fsp3) is 1.00. The second-order valence-corrected chi connectivity index (χ2v) is 8.51. The topological polar surface area (TPSA) is 15.3 Å². The molecular formula is C18H34N2. The van der Waals surface area contributed by atoms with Crippen molar-refractivity contribution in [1.82, 2.24) is 10.2 Å². The Bertz CT molecular complexity index is 303. The summed E-state index contributed by atoms with van der Waals surface area (Å²) in [5.74, 6) is 2.94. The molecule has 0 radical (unpaired) electrons. The summed E-state index contributed by atoms with van der Waals surface area (Å²) >= 11 is 0. The van der Waals surface area contributed by atoms with E-state index in [-0.39, 0.29) is 0 Å². The van der Waals surface area contributed by atoms with Gasteiger partial charge in [0.25, 0.3) is 0 Å². The molecule has 2 heteroatoms. The Morgan fingerprint density at radius 3 is 2.05 bits per heavy atom. The maximum Gasteiger partial charge on any atom is 0.0156 e. The van der Waals surface area contributed by atoms with Crippen molar-refractivity contribution in [3.05, 3.63) is 0 Å². The molecule has 2 atom stereocenters. The van der Waals surface area contributed by atoms with E-state index < -0.39 is 0 Å². The van der Waals surface area contributed by atoms with E-state index in [1.807, 2.05) is 0 Å². The first-order valence-electron chi connectivity index (χ1n) is 8.98. The SMILES string of the molecule is CNC1C(CN(CC2CC2)CC2CC2)CCCC1(C)C. The number of nitrogens with one attached hydrogen (secondary N) is 1. The Morgan fingerprint density at radius 1 is 0.950 bits per heavy atom. The molecule has 2 nitrogen and oxygen atoms in total. The maximum atomic E-state index is 3.66. The minimum Gasteiger partial charge on any atom is -0.316 e. The van der Waals surface area contributed by atoms with Crippen molar-refractivity contribution in [2.24, 2.45) is 23.2 Å². The first-order chi connectivity index (χ1) is 9.58. The Balaban J connectivity index is 1.59. The minimum absolute atomic E-state index is 0.475. The van der Waals surface area contributed by atoms with Gasteiger partial charge in [-0.3, -0.25) is 0 Å². The van der Waals surface area contributed by atoms with Crippen molar-refractivity contribution in [2.45, 2.75) is 64.8 Å². The van der Waals surface area contributed by atoms with Gasteiger partial charge < -0.3 is 10.2 Å². The molecule has 0 aromatic carbocycles. The van der Waals surface area contributed by atoms with Gasteiger partial charge in [-0.1, -0.05) is 20.3 Å². The summed E-state index contributed by atoms with van der Waals surface area (Å²) in [5, 5.41) is 3.66. The Labute approximate surface area is 125 Å². The lowest BCUT2D eigenvalue weighted by molar-refractivity contribution is 0.0804. The van der Waals surface area contributed by atoms with E-state index in [0.29, 0.717) is 11.5 Å². The summed E-state index contributed by atoms with van der Waals surface area (Å²) in [5.41, 5.74) is 0.475. The molecule has 0 saturated heterocycles. The third kappa shape index (κ3) is 3.76. The Hall–Kier alpha value is -0.0800. The van der Waals surface area contributed by atoms with Crippen molar-refractivity contribution in [2.75, 3.05) is 26.7 Å². The van der Waals surface area contributed by atoms with Crippen LogP contribution < -0.4 is 5.32 Å². The van der Waals surface area contributed by atoms with E-state index >= 15 is 0 Å². The smallest absolute Gasteiger partial charge is 0.0156 e. The summed E-state index contributed by atoms with van der Waals surface area (Å²) < 4.78 is 0. The number of rotatable bonds is 7. The lowest BCUT2D eigenvalue weighted by Crippen LogP contribution is -2.52. The number of hydrogen-bond donors (Lipinski definition) is 1. The third-order valence-electron chi connectivity index (χ3n) is 5.94. The van der Waals surface area contributed by atoms with Gasteiger partial charge in [-0.2, -0.15) is 0 Å². The van der Waals surface area contributed by atoms with E-state index in [2.05, 4.69) is 31.1 Å². The normalized spacial score (nSPS) is 33.6. The van der Waals surface area contributed by atoms with Crippen molar-refractivity contribution in [3.8, 4) is 0 Å². The molecule has 3 rings (SSSR count). The first-order valence-corrected chi connectivity index (χ1v) is 8.98. The highest BCUT2D eigenvalue weighted by molar-refractivity contribution is 4.94. The van der Waals surface area contributed by atoms with Gasteiger partial charge in [0.05, 0.1) is 0 Å².